The zero-order valence-electron chi connectivity index (χ0n) is 14.3. The fourth-order valence-corrected chi connectivity index (χ4v) is 2.11. The lowest BCUT2D eigenvalue weighted by Crippen LogP contribution is -2.29. The first-order chi connectivity index (χ1) is 13.1. The summed E-state index contributed by atoms with van der Waals surface area (Å²) in [4.78, 5) is 33.4. The van der Waals surface area contributed by atoms with Gasteiger partial charge in [0.2, 0.25) is 0 Å². The van der Waals surface area contributed by atoms with Crippen molar-refractivity contribution in [2.24, 2.45) is 5.10 Å². The Morgan fingerprint density at radius 3 is 2.43 bits per heavy atom. The predicted octanol–water partition coefficient (Wildman–Crippen LogP) is 3.25. The van der Waals surface area contributed by atoms with E-state index in [-0.39, 0.29) is 17.0 Å². The van der Waals surface area contributed by atoms with E-state index in [4.69, 9.17) is 0 Å². The maximum absolute atomic E-state index is 12.3. The second-order valence-corrected chi connectivity index (χ2v) is 5.45. The molecule has 0 aliphatic rings. The van der Waals surface area contributed by atoms with Crippen molar-refractivity contribution in [3.05, 3.63) is 69.8 Å². The maximum Gasteiger partial charge on any atom is 0.471 e. The lowest BCUT2D eigenvalue weighted by atomic mass is 10.1. The number of nitrogens with zero attached hydrogens (tertiary/aromatic N) is 2. The van der Waals surface area contributed by atoms with Crippen LogP contribution >= 0.6 is 0 Å². The fraction of sp³-hybridized carbons (Fsp3) is 0.118. The predicted molar refractivity (Wildman–Crippen MR) is 93.9 cm³/mol. The Kier molecular flexibility index (Phi) is 6.08. The molecule has 2 amide bonds. The molecule has 11 heteroatoms. The quantitative estimate of drug-likeness (QED) is 0.460. The highest BCUT2D eigenvalue weighted by molar-refractivity contribution is 6.03. The van der Waals surface area contributed by atoms with Gasteiger partial charge in [0.1, 0.15) is 5.56 Å². The summed E-state index contributed by atoms with van der Waals surface area (Å²) in [6, 6.07) is 10.7. The Bertz CT molecular complexity index is 957. The van der Waals surface area contributed by atoms with Crippen molar-refractivity contribution in [3.63, 3.8) is 0 Å². The van der Waals surface area contributed by atoms with Crippen LogP contribution < -0.4 is 10.7 Å². The number of nitrogens with one attached hydrogen (secondary N) is 2. The number of hydrogen-bond donors (Lipinski definition) is 2. The number of nitro benzene ring substituents is 1. The SMILES string of the molecule is CC(=NNC(=O)c1ccccc1[N+](=O)[O-])c1cccc(NC(=O)C(F)(F)F)c1. The summed E-state index contributed by atoms with van der Waals surface area (Å²) in [5, 5.41) is 16.5. The molecule has 0 spiro atoms. The number of carbonyl (C=O) groups is 2. The van der Waals surface area contributed by atoms with Crippen LogP contribution in [0.2, 0.25) is 0 Å². The Balaban J connectivity index is 2.16. The molecule has 0 saturated heterocycles. The summed E-state index contributed by atoms with van der Waals surface area (Å²) in [5.41, 5.74) is 1.97. The van der Waals surface area contributed by atoms with Crippen molar-refractivity contribution in [2.75, 3.05) is 5.32 Å². The molecular formula is C17H13F3N4O4. The summed E-state index contributed by atoms with van der Waals surface area (Å²) >= 11 is 0. The smallest absolute Gasteiger partial charge is 0.318 e. The first-order valence-corrected chi connectivity index (χ1v) is 7.66. The maximum atomic E-state index is 12.3. The van der Waals surface area contributed by atoms with Gasteiger partial charge in [0.15, 0.2) is 0 Å². The average molecular weight is 394 g/mol. The van der Waals surface area contributed by atoms with Crippen molar-refractivity contribution < 1.29 is 27.7 Å². The molecule has 0 saturated carbocycles. The van der Waals surface area contributed by atoms with Crippen LogP contribution in [0.1, 0.15) is 22.8 Å². The second kappa shape index (κ2) is 8.29. The summed E-state index contributed by atoms with van der Waals surface area (Å²) in [6.07, 6.45) is -5.03. The lowest BCUT2D eigenvalue weighted by molar-refractivity contribution is -0.385. The van der Waals surface area contributed by atoms with Gasteiger partial charge in [0, 0.05) is 11.8 Å². The second-order valence-electron chi connectivity index (χ2n) is 5.45. The number of hydrazone groups is 1. The number of amides is 2. The van der Waals surface area contributed by atoms with Gasteiger partial charge in [-0.05, 0) is 30.7 Å². The number of hydrogen-bond acceptors (Lipinski definition) is 5. The molecule has 0 radical (unpaired) electrons. The van der Waals surface area contributed by atoms with Crippen molar-refractivity contribution in [3.8, 4) is 0 Å². The molecule has 0 atom stereocenters. The summed E-state index contributed by atoms with van der Waals surface area (Å²) in [5.74, 6) is -2.95. The van der Waals surface area contributed by atoms with Gasteiger partial charge in [-0.3, -0.25) is 19.7 Å². The Morgan fingerprint density at radius 1 is 1.11 bits per heavy atom. The Labute approximate surface area is 156 Å². The normalized spacial score (nSPS) is 11.6. The van der Waals surface area contributed by atoms with Gasteiger partial charge < -0.3 is 5.32 Å². The van der Waals surface area contributed by atoms with Crippen LogP contribution in [-0.2, 0) is 4.79 Å². The van der Waals surface area contributed by atoms with Crippen LogP contribution in [0.3, 0.4) is 0 Å². The van der Waals surface area contributed by atoms with Crippen LogP contribution in [0.15, 0.2) is 53.6 Å². The van der Waals surface area contributed by atoms with Crippen LogP contribution in [0.5, 0.6) is 0 Å². The minimum Gasteiger partial charge on any atom is -0.318 e. The van der Waals surface area contributed by atoms with E-state index in [1.165, 1.54) is 49.4 Å². The van der Waals surface area contributed by atoms with E-state index < -0.39 is 28.6 Å². The van der Waals surface area contributed by atoms with Crippen LogP contribution in [0.4, 0.5) is 24.5 Å². The molecule has 28 heavy (non-hydrogen) atoms. The first kappa shape index (κ1) is 20.6. The Morgan fingerprint density at radius 2 is 1.79 bits per heavy atom. The zero-order chi connectivity index (χ0) is 20.9. The van der Waals surface area contributed by atoms with Gasteiger partial charge in [0.05, 0.1) is 10.6 Å². The number of para-hydroxylation sites is 1. The van der Waals surface area contributed by atoms with E-state index in [9.17, 15) is 32.9 Å². The van der Waals surface area contributed by atoms with Crippen LogP contribution in [-0.4, -0.2) is 28.6 Å². The highest BCUT2D eigenvalue weighted by Gasteiger charge is 2.38. The third kappa shape index (κ3) is 5.13. The van der Waals surface area contributed by atoms with E-state index in [0.29, 0.717) is 5.56 Å². The minimum atomic E-state index is -5.03. The molecule has 8 nitrogen and oxygen atoms in total. The standard InChI is InChI=1S/C17H13F3N4O4/c1-10(11-5-4-6-12(9-11)21-16(26)17(18,19)20)22-23-15(25)13-7-2-3-8-14(13)24(27)28/h2-9H,1H3,(H,21,26)(H,23,25). The van der Waals surface area contributed by atoms with Gasteiger partial charge in [0.25, 0.3) is 11.6 Å². The van der Waals surface area contributed by atoms with Crippen LogP contribution in [0.25, 0.3) is 0 Å². The van der Waals surface area contributed by atoms with E-state index in [1.807, 2.05) is 0 Å². The Hall–Kier alpha value is -3.76. The van der Waals surface area contributed by atoms with Gasteiger partial charge in [-0.1, -0.05) is 24.3 Å². The van der Waals surface area contributed by atoms with Crippen molar-refractivity contribution >= 4 is 28.9 Å². The van der Waals surface area contributed by atoms with E-state index in [1.54, 1.807) is 5.32 Å². The summed E-state index contributed by atoms with van der Waals surface area (Å²) in [7, 11) is 0. The molecular weight excluding hydrogens is 381 g/mol. The third-order valence-corrected chi connectivity index (χ3v) is 3.47. The molecule has 2 rings (SSSR count). The number of carbonyl (C=O) groups excluding carboxylic acids is 2. The number of anilines is 1. The van der Waals surface area contributed by atoms with Crippen molar-refractivity contribution in [1.82, 2.24) is 5.43 Å². The van der Waals surface area contributed by atoms with E-state index in [0.717, 1.165) is 6.07 Å². The molecule has 2 aromatic rings. The zero-order valence-corrected chi connectivity index (χ0v) is 14.3. The molecule has 0 unspecified atom stereocenters. The number of rotatable bonds is 5. The fourth-order valence-electron chi connectivity index (χ4n) is 2.11. The molecule has 146 valence electrons. The largest absolute Gasteiger partial charge is 0.471 e. The van der Waals surface area contributed by atoms with E-state index >= 15 is 0 Å². The summed E-state index contributed by atoms with van der Waals surface area (Å²) in [6.45, 7) is 1.46. The monoisotopic (exact) mass is 394 g/mol. The van der Waals surface area contributed by atoms with Gasteiger partial charge in [-0.25, -0.2) is 5.43 Å². The third-order valence-electron chi connectivity index (χ3n) is 3.47. The van der Waals surface area contributed by atoms with Gasteiger partial charge >= 0.3 is 12.1 Å². The number of alkyl halides is 3. The molecule has 0 bridgehead atoms. The molecule has 0 aliphatic heterocycles. The number of benzene rings is 2. The average Bonchev–Trinajstić information content (AvgIpc) is 2.65. The lowest BCUT2D eigenvalue weighted by Gasteiger charge is -2.09. The molecule has 0 aliphatic carbocycles. The first-order valence-electron chi connectivity index (χ1n) is 7.66. The topological polar surface area (TPSA) is 114 Å². The molecule has 0 heterocycles. The van der Waals surface area contributed by atoms with Crippen LogP contribution in [0, 0.1) is 10.1 Å². The molecule has 0 aromatic heterocycles. The van der Waals surface area contributed by atoms with Crippen molar-refractivity contribution in [1.29, 1.82) is 0 Å². The number of halogens is 3. The number of nitro groups is 1. The molecule has 0 fully saturated rings. The molecule has 2 aromatic carbocycles. The van der Waals surface area contributed by atoms with Gasteiger partial charge in [-0.15, -0.1) is 0 Å². The highest BCUT2D eigenvalue weighted by Crippen LogP contribution is 2.20. The van der Waals surface area contributed by atoms with Crippen molar-refractivity contribution in [2.45, 2.75) is 13.1 Å². The minimum absolute atomic E-state index is 0.112. The summed E-state index contributed by atoms with van der Waals surface area (Å²) < 4.78 is 37.0. The van der Waals surface area contributed by atoms with Gasteiger partial charge in [-0.2, -0.15) is 18.3 Å². The van der Waals surface area contributed by atoms with E-state index in [2.05, 4.69) is 10.5 Å². The highest BCUT2D eigenvalue weighted by atomic mass is 19.4. The molecule has 2 N–H and O–H groups in total.